The number of aryl methyl sites for hydroxylation is 3. The number of nitrogens with zero attached hydrogens (tertiary/aromatic N) is 1. The van der Waals surface area contributed by atoms with Crippen molar-refractivity contribution in [2.24, 2.45) is 0 Å². The Labute approximate surface area is 157 Å². The summed E-state index contributed by atoms with van der Waals surface area (Å²) >= 11 is 1.57. The zero-order valence-electron chi connectivity index (χ0n) is 15.5. The minimum Gasteiger partial charge on any atom is -0.489 e. The highest BCUT2D eigenvalue weighted by molar-refractivity contribution is 7.17. The predicted octanol–water partition coefficient (Wildman–Crippen LogP) is 5.24. The van der Waals surface area contributed by atoms with Crippen molar-refractivity contribution in [3.8, 4) is 5.75 Å². The van der Waals surface area contributed by atoms with E-state index in [4.69, 9.17) is 4.74 Å². The molecule has 3 aromatic rings. The van der Waals surface area contributed by atoms with Crippen LogP contribution in [0.2, 0.25) is 0 Å². The molecule has 0 fully saturated rings. The number of carbonyl (C=O) groups is 1. The van der Waals surface area contributed by atoms with Gasteiger partial charge in [-0.05, 0) is 67.3 Å². The summed E-state index contributed by atoms with van der Waals surface area (Å²) in [7, 11) is 0. The number of carboxylic acid groups (broad SMARTS) is 1. The van der Waals surface area contributed by atoms with Crippen LogP contribution in [0.5, 0.6) is 5.75 Å². The predicted molar refractivity (Wildman–Crippen MR) is 105 cm³/mol. The number of rotatable bonds is 6. The van der Waals surface area contributed by atoms with Crippen LogP contribution in [0.15, 0.2) is 29.6 Å². The van der Waals surface area contributed by atoms with Crippen LogP contribution in [-0.4, -0.2) is 16.1 Å². The molecule has 5 heteroatoms. The molecule has 0 saturated heterocycles. The average Bonchev–Trinajstić information content (AvgIpc) is 3.03. The van der Waals surface area contributed by atoms with Gasteiger partial charge in [0.15, 0.2) is 0 Å². The minimum absolute atomic E-state index is 0.470. The molecule has 0 radical (unpaired) electrons. The Kier molecular flexibility index (Phi) is 5.28. The summed E-state index contributed by atoms with van der Waals surface area (Å²) in [6, 6.07) is 8.08. The van der Waals surface area contributed by atoms with Gasteiger partial charge in [0.1, 0.15) is 12.4 Å². The molecule has 4 nitrogen and oxygen atoms in total. The van der Waals surface area contributed by atoms with Crippen LogP contribution in [0.4, 0.5) is 0 Å². The van der Waals surface area contributed by atoms with Crippen molar-refractivity contribution in [2.75, 3.05) is 0 Å². The molecular weight excluding hydrogens is 346 g/mol. The Balaban J connectivity index is 1.92. The lowest BCUT2D eigenvalue weighted by Crippen LogP contribution is -2.07. The molecule has 0 aliphatic rings. The summed E-state index contributed by atoms with van der Waals surface area (Å²) in [5.74, 6) is -0.498. The molecule has 1 unspecified atom stereocenters. The molecule has 1 N–H and O–H groups in total. The number of carboxylic acids is 1. The van der Waals surface area contributed by atoms with Crippen molar-refractivity contribution >= 4 is 27.4 Å². The van der Waals surface area contributed by atoms with Crippen molar-refractivity contribution in [3.05, 3.63) is 57.7 Å². The van der Waals surface area contributed by atoms with Gasteiger partial charge in [-0.3, -0.25) is 9.78 Å². The first kappa shape index (κ1) is 18.4. The third-order valence-electron chi connectivity index (χ3n) is 4.71. The normalized spacial score (nSPS) is 12.3. The molecule has 0 bridgehead atoms. The van der Waals surface area contributed by atoms with Crippen molar-refractivity contribution in [1.29, 1.82) is 0 Å². The summed E-state index contributed by atoms with van der Waals surface area (Å²) in [6.07, 6.45) is 0.828. The monoisotopic (exact) mass is 369 g/mol. The zero-order valence-corrected chi connectivity index (χ0v) is 16.3. The first-order valence-electron chi connectivity index (χ1n) is 8.73. The van der Waals surface area contributed by atoms with Crippen LogP contribution in [0.1, 0.15) is 47.8 Å². The van der Waals surface area contributed by atoms with Crippen LogP contribution in [0, 0.1) is 13.8 Å². The van der Waals surface area contributed by atoms with E-state index in [1.54, 1.807) is 18.3 Å². The summed E-state index contributed by atoms with van der Waals surface area (Å²) in [5.41, 5.74) is 5.07. The molecule has 0 saturated carbocycles. The SMILES string of the molecule is CCc1cc(OCc2ccc(C)nc2C)cc2scc(C(C)C(=O)O)c12. The summed E-state index contributed by atoms with van der Waals surface area (Å²) in [5, 5.41) is 12.4. The van der Waals surface area contributed by atoms with E-state index in [2.05, 4.69) is 18.0 Å². The van der Waals surface area contributed by atoms with Gasteiger partial charge >= 0.3 is 5.97 Å². The van der Waals surface area contributed by atoms with Gasteiger partial charge in [0, 0.05) is 21.7 Å². The van der Waals surface area contributed by atoms with E-state index in [9.17, 15) is 9.90 Å². The molecule has 136 valence electrons. The third kappa shape index (κ3) is 3.58. The number of ether oxygens (including phenoxy) is 1. The van der Waals surface area contributed by atoms with Crippen LogP contribution in [-0.2, 0) is 17.8 Å². The standard InChI is InChI=1S/C21H23NO3S/c1-5-15-8-17(25-10-16-7-6-12(2)22-14(16)4)9-19-20(15)18(11-26-19)13(3)21(23)24/h6-9,11,13H,5,10H2,1-4H3,(H,23,24). The van der Waals surface area contributed by atoms with Crippen molar-refractivity contribution in [1.82, 2.24) is 4.98 Å². The Morgan fingerprint density at radius 1 is 1.27 bits per heavy atom. The van der Waals surface area contributed by atoms with E-state index in [0.717, 1.165) is 50.3 Å². The lowest BCUT2D eigenvalue weighted by Gasteiger charge is -2.12. The maximum atomic E-state index is 11.4. The third-order valence-corrected chi connectivity index (χ3v) is 5.65. The van der Waals surface area contributed by atoms with Gasteiger partial charge in [0.2, 0.25) is 0 Å². The van der Waals surface area contributed by atoms with Gasteiger partial charge in [-0.15, -0.1) is 11.3 Å². The van der Waals surface area contributed by atoms with E-state index < -0.39 is 11.9 Å². The number of hydrogen-bond acceptors (Lipinski definition) is 4. The van der Waals surface area contributed by atoms with E-state index >= 15 is 0 Å². The molecule has 0 aliphatic carbocycles. The molecule has 2 aromatic heterocycles. The van der Waals surface area contributed by atoms with Crippen LogP contribution in [0.25, 0.3) is 10.1 Å². The zero-order chi connectivity index (χ0) is 18.8. The first-order chi connectivity index (χ1) is 12.4. The quantitative estimate of drug-likeness (QED) is 0.645. The number of hydrogen-bond donors (Lipinski definition) is 1. The Morgan fingerprint density at radius 2 is 2.04 bits per heavy atom. The number of thiophene rings is 1. The largest absolute Gasteiger partial charge is 0.489 e. The summed E-state index contributed by atoms with van der Waals surface area (Å²) in [4.78, 5) is 15.9. The van der Waals surface area contributed by atoms with Gasteiger partial charge in [-0.25, -0.2) is 0 Å². The number of aliphatic carboxylic acids is 1. The Hall–Kier alpha value is -2.40. The van der Waals surface area contributed by atoms with Gasteiger partial charge in [0.25, 0.3) is 0 Å². The fraction of sp³-hybridized carbons (Fsp3) is 0.333. The summed E-state index contributed by atoms with van der Waals surface area (Å²) < 4.78 is 7.10. The highest BCUT2D eigenvalue weighted by Crippen LogP contribution is 2.37. The van der Waals surface area contributed by atoms with E-state index in [1.165, 1.54) is 0 Å². The van der Waals surface area contributed by atoms with Gasteiger partial charge in [-0.1, -0.05) is 13.0 Å². The van der Waals surface area contributed by atoms with E-state index in [1.807, 2.05) is 37.4 Å². The lowest BCUT2D eigenvalue weighted by atomic mass is 9.96. The maximum absolute atomic E-state index is 11.4. The molecular formula is C21H23NO3S. The average molecular weight is 369 g/mol. The highest BCUT2D eigenvalue weighted by atomic mass is 32.1. The van der Waals surface area contributed by atoms with Crippen LogP contribution >= 0.6 is 11.3 Å². The molecule has 26 heavy (non-hydrogen) atoms. The fourth-order valence-electron chi connectivity index (χ4n) is 3.09. The number of aromatic nitrogens is 1. The summed E-state index contributed by atoms with van der Waals surface area (Å²) in [6.45, 7) is 8.26. The molecule has 0 amide bonds. The maximum Gasteiger partial charge on any atom is 0.310 e. The highest BCUT2D eigenvalue weighted by Gasteiger charge is 2.20. The molecule has 2 heterocycles. The Morgan fingerprint density at radius 3 is 2.69 bits per heavy atom. The molecule has 3 rings (SSSR count). The second-order valence-electron chi connectivity index (χ2n) is 6.55. The molecule has 1 aromatic carbocycles. The second-order valence-corrected chi connectivity index (χ2v) is 7.46. The van der Waals surface area contributed by atoms with E-state index in [-0.39, 0.29) is 0 Å². The molecule has 0 spiro atoms. The Bertz CT molecular complexity index is 961. The van der Waals surface area contributed by atoms with Gasteiger partial charge in [0.05, 0.1) is 5.92 Å². The smallest absolute Gasteiger partial charge is 0.310 e. The van der Waals surface area contributed by atoms with Gasteiger partial charge in [-0.2, -0.15) is 0 Å². The van der Waals surface area contributed by atoms with Crippen LogP contribution < -0.4 is 4.74 Å². The first-order valence-corrected chi connectivity index (χ1v) is 9.61. The molecule has 0 aliphatic heterocycles. The lowest BCUT2D eigenvalue weighted by molar-refractivity contribution is -0.138. The van der Waals surface area contributed by atoms with Crippen molar-refractivity contribution in [2.45, 2.75) is 46.6 Å². The van der Waals surface area contributed by atoms with E-state index in [0.29, 0.717) is 6.61 Å². The fourth-order valence-corrected chi connectivity index (χ4v) is 4.22. The van der Waals surface area contributed by atoms with Crippen LogP contribution in [0.3, 0.4) is 0 Å². The van der Waals surface area contributed by atoms with Gasteiger partial charge < -0.3 is 9.84 Å². The topological polar surface area (TPSA) is 59.4 Å². The van der Waals surface area contributed by atoms with Crippen molar-refractivity contribution in [3.63, 3.8) is 0 Å². The minimum atomic E-state index is -0.797. The second kappa shape index (κ2) is 7.46. The number of benzene rings is 1. The number of pyridine rings is 1. The van der Waals surface area contributed by atoms with Crippen molar-refractivity contribution < 1.29 is 14.6 Å². The number of fused-ring (bicyclic) bond motifs is 1. The molecule has 1 atom stereocenters.